The van der Waals surface area contributed by atoms with Crippen LogP contribution in [0.4, 0.5) is 0 Å². The van der Waals surface area contributed by atoms with E-state index in [1.165, 1.54) is 18.2 Å². The molecule has 2 aromatic carbocycles. The molecule has 7 heteroatoms. The first kappa shape index (κ1) is 17.5. The summed E-state index contributed by atoms with van der Waals surface area (Å²) >= 11 is 0. The van der Waals surface area contributed by atoms with Gasteiger partial charge in [-0.15, -0.1) is 0 Å². The van der Waals surface area contributed by atoms with Crippen molar-refractivity contribution in [1.82, 2.24) is 0 Å². The van der Waals surface area contributed by atoms with Gasteiger partial charge in [-0.05, 0) is 38.8 Å². The Labute approximate surface area is 155 Å². The highest BCUT2D eigenvalue weighted by Gasteiger charge is 2.43. The van der Waals surface area contributed by atoms with Gasteiger partial charge in [0, 0.05) is 23.3 Å². The molecule has 2 unspecified atom stereocenters. The molecule has 2 heterocycles. The molecule has 2 aromatic rings. The van der Waals surface area contributed by atoms with E-state index in [-0.39, 0.29) is 34.1 Å². The van der Waals surface area contributed by atoms with Crippen LogP contribution in [0.1, 0.15) is 47.9 Å². The Bertz CT molecular complexity index is 948. The maximum atomic E-state index is 12.8. The summed E-state index contributed by atoms with van der Waals surface area (Å²) in [4.78, 5) is 12.8. The highest BCUT2D eigenvalue weighted by molar-refractivity contribution is 6.06. The van der Waals surface area contributed by atoms with E-state index in [1.54, 1.807) is 0 Å². The Kier molecular flexibility index (Phi) is 3.75. The monoisotopic (exact) mass is 372 g/mol. The minimum atomic E-state index is -1.61. The second-order valence-electron chi connectivity index (χ2n) is 7.53. The highest BCUT2D eigenvalue weighted by Crippen LogP contribution is 2.49. The molecule has 0 saturated carbocycles. The van der Waals surface area contributed by atoms with Crippen LogP contribution >= 0.6 is 0 Å². The smallest absolute Gasteiger partial charge is 0.202 e. The zero-order valence-electron chi connectivity index (χ0n) is 14.9. The summed E-state index contributed by atoms with van der Waals surface area (Å²) < 4.78 is 11.8. The quantitative estimate of drug-likeness (QED) is 0.608. The number of aromatic hydroxyl groups is 3. The van der Waals surface area contributed by atoms with E-state index in [2.05, 4.69) is 0 Å². The van der Waals surface area contributed by atoms with Gasteiger partial charge in [-0.3, -0.25) is 4.79 Å². The molecule has 4 N–H and O–H groups in total. The predicted molar refractivity (Wildman–Crippen MR) is 94.6 cm³/mol. The molecule has 0 amide bonds. The van der Waals surface area contributed by atoms with Crippen molar-refractivity contribution in [1.29, 1.82) is 0 Å². The first-order valence-corrected chi connectivity index (χ1v) is 8.66. The number of Topliss-reactive ketones (excluding diaryl/α,β-unsaturated/α-hetero) is 1. The first-order chi connectivity index (χ1) is 12.7. The van der Waals surface area contributed by atoms with Gasteiger partial charge in [-0.25, -0.2) is 0 Å². The van der Waals surface area contributed by atoms with E-state index in [0.717, 1.165) is 6.07 Å². The predicted octanol–water partition coefficient (Wildman–Crippen LogP) is 2.58. The van der Waals surface area contributed by atoms with Gasteiger partial charge in [0.05, 0.1) is 0 Å². The maximum Gasteiger partial charge on any atom is 0.202 e. The fourth-order valence-corrected chi connectivity index (χ4v) is 3.62. The second-order valence-corrected chi connectivity index (χ2v) is 7.53. The molecule has 0 aromatic heterocycles. The molecule has 2 atom stereocenters. The van der Waals surface area contributed by atoms with E-state index in [4.69, 9.17) is 9.47 Å². The number of hydrogen-bond acceptors (Lipinski definition) is 7. The molecular formula is C20H20O7. The Hall–Kier alpha value is -2.93. The fourth-order valence-electron chi connectivity index (χ4n) is 3.62. The van der Waals surface area contributed by atoms with E-state index in [9.17, 15) is 25.2 Å². The molecular weight excluding hydrogens is 352 g/mol. The average molecular weight is 372 g/mol. The molecule has 2 aliphatic heterocycles. The number of aliphatic hydroxyl groups is 1. The first-order valence-electron chi connectivity index (χ1n) is 8.66. The molecule has 2 aliphatic rings. The number of aliphatic hydroxyl groups excluding tert-OH is 1. The topological polar surface area (TPSA) is 116 Å². The summed E-state index contributed by atoms with van der Waals surface area (Å²) in [5.41, 5.74) is 0.304. The van der Waals surface area contributed by atoms with E-state index in [1.807, 2.05) is 13.8 Å². The fraction of sp³-hybridized carbons (Fsp3) is 0.350. The van der Waals surface area contributed by atoms with Crippen LogP contribution in [0.3, 0.4) is 0 Å². The van der Waals surface area contributed by atoms with Crippen molar-refractivity contribution in [2.45, 2.75) is 44.5 Å². The van der Waals surface area contributed by atoms with Crippen LogP contribution in [-0.2, 0) is 6.42 Å². The van der Waals surface area contributed by atoms with Crippen molar-refractivity contribution in [3.05, 3.63) is 41.0 Å². The van der Waals surface area contributed by atoms with Gasteiger partial charge in [0.1, 0.15) is 39.9 Å². The van der Waals surface area contributed by atoms with Crippen LogP contribution in [0.5, 0.6) is 28.7 Å². The number of rotatable bonds is 1. The number of phenols is 3. The zero-order chi connectivity index (χ0) is 19.5. The number of carbonyl (C=O) groups excluding carboxylic acids is 1. The van der Waals surface area contributed by atoms with Gasteiger partial charge in [0.15, 0.2) is 12.2 Å². The van der Waals surface area contributed by atoms with Crippen molar-refractivity contribution in [2.24, 2.45) is 0 Å². The summed E-state index contributed by atoms with van der Waals surface area (Å²) in [5, 5.41) is 40.4. The lowest BCUT2D eigenvalue weighted by Gasteiger charge is -2.37. The second kappa shape index (κ2) is 5.79. The molecule has 0 aliphatic carbocycles. The number of carbonyl (C=O) groups is 1. The minimum Gasteiger partial charge on any atom is -0.508 e. The third kappa shape index (κ3) is 2.75. The van der Waals surface area contributed by atoms with Gasteiger partial charge in [0.2, 0.25) is 5.78 Å². The number of fused-ring (bicyclic) bond motifs is 3. The lowest BCUT2D eigenvalue weighted by Crippen LogP contribution is -2.38. The minimum absolute atomic E-state index is 0.0842. The number of ketones is 1. The van der Waals surface area contributed by atoms with Crippen molar-refractivity contribution in [2.75, 3.05) is 0 Å². The van der Waals surface area contributed by atoms with E-state index in [0.29, 0.717) is 24.2 Å². The molecule has 0 fully saturated rings. The average Bonchev–Trinajstić information content (AvgIpc) is 2.57. The van der Waals surface area contributed by atoms with Crippen LogP contribution in [-0.4, -0.2) is 37.9 Å². The van der Waals surface area contributed by atoms with Crippen LogP contribution in [0.15, 0.2) is 24.3 Å². The van der Waals surface area contributed by atoms with Crippen molar-refractivity contribution in [3.63, 3.8) is 0 Å². The van der Waals surface area contributed by atoms with Crippen molar-refractivity contribution in [3.8, 4) is 28.7 Å². The lowest BCUT2D eigenvalue weighted by molar-refractivity contribution is 0.0183. The van der Waals surface area contributed by atoms with Crippen LogP contribution in [0.25, 0.3) is 0 Å². The molecule has 0 spiro atoms. The largest absolute Gasteiger partial charge is 0.508 e. The molecule has 142 valence electrons. The lowest BCUT2D eigenvalue weighted by atomic mass is 9.87. The summed E-state index contributed by atoms with van der Waals surface area (Å²) in [6.07, 6.45) is -1.53. The normalized spacial score (nSPS) is 23.0. The Morgan fingerprint density at radius 2 is 1.85 bits per heavy atom. The number of benzene rings is 2. The van der Waals surface area contributed by atoms with Gasteiger partial charge in [-0.1, -0.05) is 0 Å². The number of ether oxygens (including phenoxy) is 2. The van der Waals surface area contributed by atoms with Gasteiger partial charge < -0.3 is 29.9 Å². The summed E-state index contributed by atoms with van der Waals surface area (Å²) in [5.74, 6) is -0.882. The molecule has 4 rings (SSSR count). The van der Waals surface area contributed by atoms with Crippen molar-refractivity contribution < 1.29 is 34.7 Å². The van der Waals surface area contributed by atoms with Crippen LogP contribution in [0, 0.1) is 0 Å². The highest BCUT2D eigenvalue weighted by atomic mass is 16.5. The van der Waals surface area contributed by atoms with Crippen LogP contribution < -0.4 is 9.47 Å². The molecule has 7 nitrogen and oxygen atoms in total. The van der Waals surface area contributed by atoms with E-state index >= 15 is 0 Å². The molecule has 27 heavy (non-hydrogen) atoms. The van der Waals surface area contributed by atoms with Crippen LogP contribution in [0.2, 0.25) is 0 Å². The molecule has 0 bridgehead atoms. The Morgan fingerprint density at radius 1 is 1.11 bits per heavy atom. The van der Waals surface area contributed by atoms with Gasteiger partial charge in [-0.2, -0.15) is 0 Å². The zero-order valence-corrected chi connectivity index (χ0v) is 14.9. The molecule has 0 radical (unpaired) electrons. The summed E-state index contributed by atoms with van der Waals surface area (Å²) in [6, 6.07) is 5.19. The van der Waals surface area contributed by atoms with E-state index < -0.39 is 23.6 Å². The molecule has 0 saturated heterocycles. The SMILES string of the molecule is CC1(C)CCc2c(cc(O)c3c2OC(c2ccc(O)cc2O)C(O)C3=O)O1. The standard InChI is InChI=1S/C20H20O7/c1-20(2)6-5-11-14(27-20)8-13(23)15-16(24)17(25)19(26-18(11)15)10-4-3-9(21)7-12(10)22/h3-4,7-8,17,19,21-23,25H,5-6H2,1-2H3. The van der Waals surface area contributed by atoms with Gasteiger partial charge >= 0.3 is 0 Å². The summed E-state index contributed by atoms with van der Waals surface area (Å²) in [6.45, 7) is 3.86. The Balaban J connectivity index is 1.85. The number of hydrogen-bond donors (Lipinski definition) is 4. The third-order valence-corrected chi connectivity index (χ3v) is 5.05. The van der Waals surface area contributed by atoms with Crippen molar-refractivity contribution >= 4 is 5.78 Å². The third-order valence-electron chi connectivity index (χ3n) is 5.05. The summed E-state index contributed by atoms with van der Waals surface area (Å²) in [7, 11) is 0. The maximum absolute atomic E-state index is 12.8. The Morgan fingerprint density at radius 3 is 2.56 bits per heavy atom. The van der Waals surface area contributed by atoms with Gasteiger partial charge in [0.25, 0.3) is 0 Å². The number of phenolic OH excluding ortho intramolecular Hbond substituents is 3.